The standard InChI is InChI=1S/C9H17NO/c1-2-10-6-7-11-9-5-3-4-8(9)10/h8-9H,2-7H2,1H3/t8-,9?/m1/s1. The van der Waals surface area contributed by atoms with E-state index in [0.717, 1.165) is 19.2 Å². The van der Waals surface area contributed by atoms with Gasteiger partial charge in [-0.25, -0.2) is 0 Å². The zero-order valence-electron chi connectivity index (χ0n) is 7.25. The van der Waals surface area contributed by atoms with E-state index in [4.69, 9.17) is 4.74 Å². The largest absolute Gasteiger partial charge is 0.375 e. The minimum Gasteiger partial charge on any atom is -0.375 e. The van der Waals surface area contributed by atoms with Crippen molar-refractivity contribution in [1.29, 1.82) is 0 Å². The number of morpholine rings is 1. The van der Waals surface area contributed by atoms with Crippen LogP contribution in [0.1, 0.15) is 26.2 Å². The van der Waals surface area contributed by atoms with E-state index in [1.165, 1.54) is 25.8 Å². The van der Waals surface area contributed by atoms with Gasteiger partial charge in [0.15, 0.2) is 0 Å². The molecule has 0 aromatic heterocycles. The van der Waals surface area contributed by atoms with Gasteiger partial charge >= 0.3 is 0 Å². The zero-order chi connectivity index (χ0) is 7.68. The summed E-state index contributed by atoms with van der Waals surface area (Å²) in [5.41, 5.74) is 0. The number of fused-ring (bicyclic) bond motifs is 1. The van der Waals surface area contributed by atoms with E-state index < -0.39 is 0 Å². The molecule has 1 aliphatic carbocycles. The summed E-state index contributed by atoms with van der Waals surface area (Å²) in [5, 5.41) is 0. The second-order valence-electron chi connectivity index (χ2n) is 3.54. The lowest BCUT2D eigenvalue weighted by atomic mass is 10.1. The number of nitrogens with zero attached hydrogens (tertiary/aromatic N) is 1. The van der Waals surface area contributed by atoms with Crippen LogP contribution in [0.15, 0.2) is 0 Å². The Morgan fingerprint density at radius 2 is 2.36 bits per heavy atom. The highest BCUT2D eigenvalue weighted by Crippen LogP contribution is 2.29. The minimum atomic E-state index is 0.573. The molecule has 0 bridgehead atoms. The van der Waals surface area contributed by atoms with Gasteiger partial charge in [-0.3, -0.25) is 4.90 Å². The summed E-state index contributed by atoms with van der Waals surface area (Å²) in [4.78, 5) is 2.57. The first kappa shape index (κ1) is 7.56. The average Bonchev–Trinajstić information content (AvgIpc) is 2.50. The first-order chi connectivity index (χ1) is 5.42. The summed E-state index contributed by atoms with van der Waals surface area (Å²) in [7, 11) is 0. The van der Waals surface area contributed by atoms with Crippen molar-refractivity contribution in [2.75, 3.05) is 19.7 Å². The molecule has 0 radical (unpaired) electrons. The van der Waals surface area contributed by atoms with Gasteiger partial charge in [0.25, 0.3) is 0 Å². The maximum absolute atomic E-state index is 5.69. The Morgan fingerprint density at radius 1 is 1.45 bits per heavy atom. The fourth-order valence-electron chi connectivity index (χ4n) is 2.40. The first-order valence-electron chi connectivity index (χ1n) is 4.77. The molecule has 0 amide bonds. The molecule has 1 aliphatic heterocycles. The Bertz CT molecular complexity index is 138. The Labute approximate surface area is 68.5 Å². The fourth-order valence-corrected chi connectivity index (χ4v) is 2.40. The molecule has 1 saturated carbocycles. The van der Waals surface area contributed by atoms with Gasteiger partial charge in [0.05, 0.1) is 12.7 Å². The molecule has 0 aromatic carbocycles. The maximum Gasteiger partial charge on any atom is 0.0730 e. The normalized spacial score (nSPS) is 39.0. The third-order valence-electron chi connectivity index (χ3n) is 3.00. The highest BCUT2D eigenvalue weighted by molar-refractivity contribution is 4.88. The molecule has 2 aliphatic rings. The number of rotatable bonds is 1. The summed E-state index contributed by atoms with van der Waals surface area (Å²) in [5.74, 6) is 0. The van der Waals surface area contributed by atoms with Crippen LogP contribution in [0.3, 0.4) is 0 Å². The molecule has 2 rings (SSSR count). The van der Waals surface area contributed by atoms with Crippen molar-refractivity contribution in [3.63, 3.8) is 0 Å². The van der Waals surface area contributed by atoms with Crippen molar-refractivity contribution in [3.05, 3.63) is 0 Å². The predicted molar refractivity (Wildman–Crippen MR) is 44.6 cm³/mol. The lowest BCUT2D eigenvalue weighted by Gasteiger charge is -2.36. The van der Waals surface area contributed by atoms with Crippen LogP contribution in [-0.4, -0.2) is 36.7 Å². The highest BCUT2D eigenvalue weighted by Gasteiger charge is 2.34. The SMILES string of the molecule is CCN1CCOC2CCC[C@H]21. The van der Waals surface area contributed by atoms with E-state index in [9.17, 15) is 0 Å². The van der Waals surface area contributed by atoms with Crippen LogP contribution in [0, 0.1) is 0 Å². The summed E-state index contributed by atoms with van der Waals surface area (Å²) >= 11 is 0. The van der Waals surface area contributed by atoms with Crippen LogP contribution in [0.5, 0.6) is 0 Å². The van der Waals surface area contributed by atoms with Gasteiger partial charge in [0.1, 0.15) is 0 Å². The van der Waals surface area contributed by atoms with Crippen LogP contribution in [0.4, 0.5) is 0 Å². The van der Waals surface area contributed by atoms with Crippen LogP contribution in [0.2, 0.25) is 0 Å². The number of hydrogen-bond donors (Lipinski definition) is 0. The molecule has 2 fully saturated rings. The van der Waals surface area contributed by atoms with E-state index >= 15 is 0 Å². The lowest BCUT2D eigenvalue weighted by molar-refractivity contribution is -0.0534. The quantitative estimate of drug-likeness (QED) is 0.565. The third kappa shape index (κ3) is 1.30. The average molecular weight is 155 g/mol. The molecule has 0 N–H and O–H groups in total. The smallest absolute Gasteiger partial charge is 0.0730 e. The molecule has 1 heterocycles. The molecule has 0 spiro atoms. The first-order valence-corrected chi connectivity index (χ1v) is 4.77. The van der Waals surface area contributed by atoms with Crippen LogP contribution in [0.25, 0.3) is 0 Å². The Morgan fingerprint density at radius 3 is 3.18 bits per heavy atom. The highest BCUT2D eigenvalue weighted by atomic mass is 16.5. The van der Waals surface area contributed by atoms with Crippen molar-refractivity contribution in [3.8, 4) is 0 Å². The second-order valence-corrected chi connectivity index (χ2v) is 3.54. The molecule has 1 saturated heterocycles. The van der Waals surface area contributed by atoms with Crippen molar-refractivity contribution in [2.45, 2.75) is 38.3 Å². The summed E-state index contributed by atoms with van der Waals surface area (Å²) in [6, 6.07) is 0.758. The second kappa shape index (κ2) is 3.11. The van der Waals surface area contributed by atoms with Gasteiger partial charge in [-0.05, 0) is 25.8 Å². The number of likely N-dealkylation sites (N-methyl/N-ethyl adjacent to an activating group) is 1. The van der Waals surface area contributed by atoms with Crippen molar-refractivity contribution < 1.29 is 4.74 Å². The molecule has 1 unspecified atom stereocenters. The van der Waals surface area contributed by atoms with Crippen molar-refractivity contribution in [1.82, 2.24) is 4.90 Å². The van der Waals surface area contributed by atoms with Crippen molar-refractivity contribution in [2.24, 2.45) is 0 Å². The van der Waals surface area contributed by atoms with Gasteiger partial charge in [-0.15, -0.1) is 0 Å². The zero-order valence-corrected chi connectivity index (χ0v) is 7.25. The fraction of sp³-hybridized carbons (Fsp3) is 1.00. The molecule has 2 nitrogen and oxygen atoms in total. The molecule has 64 valence electrons. The molecular formula is C9H17NO. The Balaban J connectivity index is 2.00. The van der Waals surface area contributed by atoms with E-state index in [0.29, 0.717) is 6.10 Å². The van der Waals surface area contributed by atoms with E-state index in [-0.39, 0.29) is 0 Å². The summed E-state index contributed by atoms with van der Waals surface area (Å²) in [6.07, 6.45) is 4.59. The molecule has 0 aromatic rings. The lowest BCUT2D eigenvalue weighted by Crippen LogP contribution is -2.48. The van der Waals surface area contributed by atoms with Gasteiger partial charge in [0.2, 0.25) is 0 Å². The van der Waals surface area contributed by atoms with Crippen LogP contribution >= 0.6 is 0 Å². The predicted octanol–water partition coefficient (Wildman–Crippen LogP) is 1.26. The topological polar surface area (TPSA) is 12.5 Å². The van der Waals surface area contributed by atoms with Gasteiger partial charge in [-0.1, -0.05) is 6.92 Å². The molecule has 11 heavy (non-hydrogen) atoms. The Kier molecular flexibility index (Phi) is 2.14. The third-order valence-corrected chi connectivity index (χ3v) is 3.00. The maximum atomic E-state index is 5.69. The molecular weight excluding hydrogens is 138 g/mol. The van der Waals surface area contributed by atoms with Gasteiger partial charge in [0, 0.05) is 12.6 Å². The summed E-state index contributed by atoms with van der Waals surface area (Å²) in [6.45, 7) is 5.55. The Hall–Kier alpha value is -0.0800. The van der Waals surface area contributed by atoms with Crippen LogP contribution in [-0.2, 0) is 4.74 Å². The van der Waals surface area contributed by atoms with Crippen molar-refractivity contribution >= 4 is 0 Å². The molecule has 2 heteroatoms. The minimum absolute atomic E-state index is 0.573. The summed E-state index contributed by atoms with van der Waals surface area (Å²) < 4.78 is 5.69. The number of ether oxygens (including phenoxy) is 1. The van der Waals surface area contributed by atoms with Gasteiger partial charge in [-0.2, -0.15) is 0 Å². The van der Waals surface area contributed by atoms with Gasteiger partial charge < -0.3 is 4.74 Å². The van der Waals surface area contributed by atoms with E-state index in [2.05, 4.69) is 11.8 Å². The molecule has 2 atom stereocenters. The van der Waals surface area contributed by atoms with Crippen LogP contribution < -0.4 is 0 Å². The number of hydrogen-bond acceptors (Lipinski definition) is 2. The monoisotopic (exact) mass is 155 g/mol. The van der Waals surface area contributed by atoms with E-state index in [1.54, 1.807) is 0 Å². The van der Waals surface area contributed by atoms with E-state index in [1.807, 2.05) is 0 Å².